The van der Waals surface area contributed by atoms with Crippen molar-refractivity contribution in [1.29, 1.82) is 0 Å². The van der Waals surface area contributed by atoms with Crippen molar-refractivity contribution in [1.82, 2.24) is 4.90 Å². The number of piperidine rings is 1. The summed E-state index contributed by atoms with van der Waals surface area (Å²) in [4.78, 5) is 39.2. The van der Waals surface area contributed by atoms with Gasteiger partial charge in [-0.2, -0.15) is 0 Å². The van der Waals surface area contributed by atoms with E-state index in [2.05, 4.69) is 0 Å². The zero-order valence-electron chi connectivity index (χ0n) is 13.5. The maximum Gasteiger partial charge on any atom is 0.344 e. The second kappa shape index (κ2) is 5.36. The minimum atomic E-state index is -4.99. The maximum atomic E-state index is 12.2. The zero-order chi connectivity index (χ0) is 17.1. The lowest BCUT2D eigenvalue weighted by Crippen LogP contribution is -2.66. The van der Waals surface area contributed by atoms with Gasteiger partial charge in [-0.3, -0.25) is 14.0 Å². The highest BCUT2D eigenvalue weighted by atomic mass is 31.2. The number of quaternary nitrogens is 1. The van der Waals surface area contributed by atoms with Gasteiger partial charge in [-0.25, -0.2) is 0 Å². The van der Waals surface area contributed by atoms with Gasteiger partial charge in [0, 0.05) is 6.42 Å². The Morgan fingerprint density at radius 1 is 1.05 bits per heavy atom. The molecule has 3 unspecified atom stereocenters. The van der Waals surface area contributed by atoms with Crippen molar-refractivity contribution >= 4 is 15.2 Å². The van der Waals surface area contributed by atoms with Crippen LogP contribution in [0.1, 0.15) is 19.3 Å². The topological polar surface area (TPSA) is 118 Å². The third-order valence-corrected chi connectivity index (χ3v) is 10.2. The summed E-state index contributed by atoms with van der Waals surface area (Å²) in [5.74, 6) is -0.799. The van der Waals surface area contributed by atoms with Crippen molar-refractivity contribution in [2.45, 2.75) is 30.3 Å². The molecule has 0 aromatic heterocycles. The lowest BCUT2D eigenvalue weighted by Gasteiger charge is -2.53. The van der Waals surface area contributed by atoms with Crippen molar-refractivity contribution in [3.63, 3.8) is 0 Å². The van der Waals surface area contributed by atoms with E-state index in [-0.39, 0.29) is 18.5 Å². The number of rotatable bonds is 3. The zero-order valence-corrected chi connectivity index (χ0v) is 15.2. The molecule has 8 nitrogen and oxygen atoms in total. The summed E-state index contributed by atoms with van der Waals surface area (Å²) in [6.45, 7) is 0.822. The first kappa shape index (κ1) is 18.6. The van der Waals surface area contributed by atoms with Gasteiger partial charge in [-0.15, -0.1) is 0 Å². The van der Waals surface area contributed by atoms with Crippen LogP contribution < -0.4 is 0 Å². The Bertz CT molecular complexity index is 518. The van der Waals surface area contributed by atoms with E-state index < -0.39 is 26.0 Å². The minimum absolute atomic E-state index is 0.0706. The van der Waals surface area contributed by atoms with Crippen LogP contribution in [0.15, 0.2) is 0 Å². The number of hydrogen-bond acceptors (Lipinski definition) is 3. The number of fused-ring (bicyclic) bond motifs is 1. The molecule has 0 amide bonds. The van der Waals surface area contributed by atoms with Gasteiger partial charge in [0.05, 0.1) is 26.6 Å². The van der Waals surface area contributed by atoms with Crippen LogP contribution in [0, 0.1) is 11.8 Å². The molecule has 1 saturated heterocycles. The monoisotopic (exact) mass is 357 g/mol. The van der Waals surface area contributed by atoms with Crippen molar-refractivity contribution in [3.05, 3.63) is 0 Å². The molecule has 1 aliphatic heterocycles. The van der Waals surface area contributed by atoms with E-state index in [1.54, 1.807) is 14.1 Å². The molecule has 4 N–H and O–H groups in total. The van der Waals surface area contributed by atoms with Gasteiger partial charge in [-0.1, -0.05) is 0 Å². The van der Waals surface area contributed by atoms with Gasteiger partial charge in [0.25, 0.3) is 0 Å². The molecule has 2 fully saturated rings. The molecule has 130 valence electrons. The summed E-state index contributed by atoms with van der Waals surface area (Å²) in [5, 5.41) is 0. The van der Waals surface area contributed by atoms with Crippen LogP contribution in [0.5, 0.6) is 0 Å². The average Bonchev–Trinajstić information content (AvgIpc) is 2.65. The minimum Gasteiger partial charge on any atom is -0.324 e. The molecule has 10 heteroatoms. The highest BCUT2D eigenvalue weighted by Gasteiger charge is 2.73. The third-order valence-electron chi connectivity index (χ3n) is 5.58. The first-order chi connectivity index (χ1) is 9.76. The molecule has 0 bridgehead atoms. The molecular formula is C12H27N2O6P2+. The Kier molecular flexibility index (Phi) is 4.52. The normalized spacial score (nSPS) is 34.7. The molecule has 1 heterocycles. The van der Waals surface area contributed by atoms with Gasteiger partial charge in [0.15, 0.2) is 4.90 Å². The van der Waals surface area contributed by atoms with Crippen LogP contribution in [0.25, 0.3) is 0 Å². The Balaban J connectivity index is 2.67. The number of nitrogens with zero attached hydrogens (tertiary/aromatic N) is 2. The van der Waals surface area contributed by atoms with E-state index in [0.29, 0.717) is 10.9 Å². The molecule has 1 saturated carbocycles. The Labute approximate surface area is 131 Å². The van der Waals surface area contributed by atoms with Crippen LogP contribution in [-0.2, 0) is 9.13 Å². The number of likely N-dealkylation sites (tertiary alicyclic amines) is 1. The van der Waals surface area contributed by atoms with E-state index in [0.717, 1.165) is 13.0 Å². The van der Waals surface area contributed by atoms with Gasteiger partial charge < -0.3 is 24.1 Å². The van der Waals surface area contributed by atoms with Crippen LogP contribution >= 0.6 is 15.2 Å². The van der Waals surface area contributed by atoms with Gasteiger partial charge >= 0.3 is 15.2 Å². The molecule has 0 spiro atoms. The quantitative estimate of drug-likeness (QED) is 0.427. The summed E-state index contributed by atoms with van der Waals surface area (Å²) >= 11 is 0. The molecular weight excluding hydrogens is 330 g/mol. The Morgan fingerprint density at radius 2 is 1.55 bits per heavy atom. The molecule has 2 aliphatic rings. The second-order valence-electron chi connectivity index (χ2n) is 7.46. The smallest absolute Gasteiger partial charge is 0.324 e. The van der Waals surface area contributed by atoms with Crippen molar-refractivity contribution in [2.75, 3.05) is 34.7 Å². The Hall–Kier alpha value is 0.220. The van der Waals surface area contributed by atoms with Crippen LogP contribution in [0.2, 0.25) is 0 Å². The molecule has 22 heavy (non-hydrogen) atoms. The summed E-state index contributed by atoms with van der Waals surface area (Å²) in [5.41, 5.74) is 0. The third kappa shape index (κ3) is 2.54. The first-order valence-corrected chi connectivity index (χ1v) is 10.6. The Morgan fingerprint density at radius 3 is 1.95 bits per heavy atom. The molecule has 0 aromatic carbocycles. The summed E-state index contributed by atoms with van der Waals surface area (Å²) in [7, 11) is -2.48. The van der Waals surface area contributed by atoms with E-state index in [1.165, 1.54) is 0 Å². The van der Waals surface area contributed by atoms with E-state index in [1.807, 2.05) is 19.0 Å². The predicted octanol–water partition coefficient (Wildman–Crippen LogP) is 0.432. The lowest BCUT2D eigenvalue weighted by molar-refractivity contribution is -0.937. The van der Waals surface area contributed by atoms with Crippen LogP contribution in [0.4, 0.5) is 0 Å². The molecule has 3 atom stereocenters. The standard InChI is InChI=1S/C12H26N2O6P2/c1-13(2)11-10-9(6-8-14(11,3)4)5-7-12(10,21(15,16)17)22(18,19)20/h9-11H,5-8H2,1-4H3,(H3-,15,16,17,18,19,20)/p+1. The SMILES string of the molecule is CN(C)C1C2C(CCC2(P(=O)(O)O)P(=O)(O)O)CC[N+]1(C)C. The molecule has 0 aromatic rings. The largest absolute Gasteiger partial charge is 0.344 e. The summed E-state index contributed by atoms with van der Waals surface area (Å²) < 4.78 is 24.9. The highest BCUT2D eigenvalue weighted by molar-refractivity contribution is 7.72. The predicted molar refractivity (Wildman–Crippen MR) is 82.1 cm³/mol. The van der Waals surface area contributed by atoms with E-state index in [4.69, 9.17) is 0 Å². The van der Waals surface area contributed by atoms with Crippen molar-refractivity contribution in [3.8, 4) is 0 Å². The van der Waals surface area contributed by atoms with Crippen LogP contribution in [0.3, 0.4) is 0 Å². The maximum absolute atomic E-state index is 12.2. The average molecular weight is 357 g/mol. The molecule has 1 aliphatic carbocycles. The second-order valence-corrected chi connectivity index (χ2v) is 11.6. The van der Waals surface area contributed by atoms with Crippen LogP contribution in [-0.4, -0.2) is 74.8 Å². The fourth-order valence-electron chi connectivity index (χ4n) is 4.79. The fourth-order valence-corrected chi connectivity index (χ4v) is 8.45. The lowest BCUT2D eigenvalue weighted by atomic mass is 9.83. The van der Waals surface area contributed by atoms with Crippen molar-refractivity contribution in [2.24, 2.45) is 11.8 Å². The van der Waals surface area contributed by atoms with E-state index in [9.17, 15) is 28.7 Å². The number of hydrogen-bond donors (Lipinski definition) is 4. The molecule has 0 radical (unpaired) electrons. The van der Waals surface area contributed by atoms with Gasteiger partial charge in [-0.05, 0) is 32.9 Å². The fraction of sp³-hybridized carbons (Fsp3) is 1.00. The van der Waals surface area contributed by atoms with Gasteiger partial charge in [0.2, 0.25) is 0 Å². The first-order valence-electron chi connectivity index (χ1n) is 7.36. The van der Waals surface area contributed by atoms with Crippen molar-refractivity contribution < 1.29 is 33.2 Å². The van der Waals surface area contributed by atoms with Gasteiger partial charge in [0.1, 0.15) is 6.17 Å². The highest BCUT2D eigenvalue weighted by Crippen LogP contribution is 2.79. The summed E-state index contributed by atoms with van der Waals surface area (Å²) in [6, 6.07) is 0. The molecule has 2 rings (SSSR count). The summed E-state index contributed by atoms with van der Waals surface area (Å²) in [6.07, 6.45) is 0.706. The van der Waals surface area contributed by atoms with E-state index >= 15 is 0 Å².